The van der Waals surface area contributed by atoms with E-state index < -0.39 is 10.0 Å². The van der Waals surface area contributed by atoms with Crippen LogP contribution in [-0.4, -0.2) is 46.8 Å². The van der Waals surface area contributed by atoms with E-state index >= 15 is 0 Å². The first kappa shape index (κ1) is 27.6. The molecule has 9 heteroatoms. The minimum atomic E-state index is -1.11. The lowest BCUT2D eigenvalue weighted by molar-refractivity contribution is 0.102. The summed E-state index contributed by atoms with van der Waals surface area (Å²) in [5, 5.41) is 21.9. The molecule has 198 valence electrons. The number of nitrogens with one attached hydrogen (secondary N) is 1. The Morgan fingerprint density at radius 3 is 2.37 bits per heavy atom. The van der Waals surface area contributed by atoms with Crippen molar-refractivity contribution in [2.45, 2.75) is 63.8 Å². The van der Waals surface area contributed by atoms with Crippen LogP contribution in [0.25, 0.3) is 11.3 Å². The number of hydrogen-bond donors (Lipinski definition) is 1. The predicted octanol–water partition coefficient (Wildman–Crippen LogP) is 6.44. The molecule has 38 heavy (non-hydrogen) atoms. The molecule has 2 aromatic heterocycles. The lowest BCUT2D eigenvalue weighted by atomic mass is 10.1. The van der Waals surface area contributed by atoms with Gasteiger partial charge in [-0.3, -0.25) is 10.1 Å². The minimum absolute atomic E-state index is 0.199. The molecule has 4 aromatic rings. The summed E-state index contributed by atoms with van der Waals surface area (Å²) < 4.78 is 1.63. The molecule has 0 bridgehead atoms. The van der Waals surface area contributed by atoms with E-state index in [0.29, 0.717) is 33.0 Å². The quantitative estimate of drug-likeness (QED) is 0.257. The summed E-state index contributed by atoms with van der Waals surface area (Å²) in [5.41, 5.74) is 4.36. The Morgan fingerprint density at radius 1 is 1.03 bits per heavy atom. The number of benzene rings is 2. The SMILES string of the molecule is CC(C)S(C#Cc1cccc(-c2csc(NC(=O)c3ccc(Cn4cnnn4)cc3)n2)c1)(C(C)C)C(C)C. The van der Waals surface area contributed by atoms with Crippen molar-refractivity contribution in [1.82, 2.24) is 25.2 Å². The Labute approximate surface area is 230 Å². The molecule has 0 saturated heterocycles. The third kappa shape index (κ3) is 6.14. The molecule has 0 atom stereocenters. The number of nitrogens with zero attached hydrogens (tertiary/aromatic N) is 5. The van der Waals surface area contributed by atoms with Crippen molar-refractivity contribution in [2.75, 3.05) is 5.32 Å². The zero-order valence-corrected chi connectivity index (χ0v) is 24.3. The average Bonchev–Trinajstić information content (AvgIpc) is 3.57. The second-order valence-corrected chi connectivity index (χ2v) is 15.3. The Kier molecular flexibility index (Phi) is 8.65. The van der Waals surface area contributed by atoms with Crippen LogP contribution in [-0.2, 0) is 6.54 Å². The molecule has 2 aromatic carbocycles. The van der Waals surface area contributed by atoms with Crippen molar-refractivity contribution in [1.29, 1.82) is 0 Å². The van der Waals surface area contributed by atoms with Crippen molar-refractivity contribution >= 4 is 32.4 Å². The highest BCUT2D eigenvalue weighted by atomic mass is 32.3. The van der Waals surface area contributed by atoms with Crippen molar-refractivity contribution in [3.63, 3.8) is 0 Å². The molecule has 0 saturated carbocycles. The molecular formula is C29H34N6OS2. The summed E-state index contributed by atoms with van der Waals surface area (Å²) in [6.07, 6.45) is 1.56. The second kappa shape index (κ2) is 11.9. The summed E-state index contributed by atoms with van der Waals surface area (Å²) in [6, 6.07) is 15.6. The monoisotopic (exact) mass is 546 g/mol. The van der Waals surface area contributed by atoms with Gasteiger partial charge < -0.3 is 0 Å². The summed E-state index contributed by atoms with van der Waals surface area (Å²) in [5.74, 6) is 3.30. The smallest absolute Gasteiger partial charge is 0.257 e. The van der Waals surface area contributed by atoms with E-state index in [2.05, 4.69) is 90.7 Å². The van der Waals surface area contributed by atoms with E-state index in [1.54, 1.807) is 23.1 Å². The number of carbonyl (C=O) groups is 1. The maximum absolute atomic E-state index is 12.8. The van der Waals surface area contributed by atoms with Gasteiger partial charge in [0.15, 0.2) is 5.13 Å². The van der Waals surface area contributed by atoms with Crippen LogP contribution in [0.4, 0.5) is 5.13 Å². The second-order valence-electron chi connectivity index (χ2n) is 9.91. The third-order valence-corrected chi connectivity index (χ3v) is 12.4. The van der Waals surface area contributed by atoms with Gasteiger partial charge in [-0.15, -0.1) is 16.4 Å². The number of carbonyl (C=O) groups excluding carboxylic acids is 1. The van der Waals surface area contributed by atoms with Crippen LogP contribution in [0.5, 0.6) is 0 Å². The van der Waals surface area contributed by atoms with Crippen LogP contribution >= 0.6 is 21.4 Å². The molecule has 2 heterocycles. The lowest BCUT2D eigenvalue weighted by Crippen LogP contribution is -2.27. The summed E-state index contributed by atoms with van der Waals surface area (Å²) in [4.78, 5) is 17.5. The van der Waals surface area contributed by atoms with Gasteiger partial charge in [0.25, 0.3) is 5.91 Å². The average molecular weight is 547 g/mol. The molecule has 0 aliphatic carbocycles. The van der Waals surface area contributed by atoms with Crippen LogP contribution in [0.3, 0.4) is 0 Å². The fourth-order valence-electron chi connectivity index (χ4n) is 4.72. The summed E-state index contributed by atoms with van der Waals surface area (Å²) in [6.45, 7) is 14.4. The van der Waals surface area contributed by atoms with Gasteiger partial charge in [0.2, 0.25) is 0 Å². The molecule has 0 spiro atoms. The molecule has 0 unspecified atom stereocenters. The number of anilines is 1. The van der Waals surface area contributed by atoms with Gasteiger partial charge in [0.05, 0.1) is 12.2 Å². The highest BCUT2D eigenvalue weighted by Gasteiger charge is 2.33. The van der Waals surface area contributed by atoms with E-state index in [9.17, 15) is 4.79 Å². The van der Waals surface area contributed by atoms with Crippen molar-refractivity contribution in [3.8, 4) is 22.4 Å². The third-order valence-electron chi connectivity index (χ3n) is 6.55. The van der Waals surface area contributed by atoms with E-state index in [1.807, 2.05) is 29.6 Å². The van der Waals surface area contributed by atoms with Gasteiger partial charge in [-0.1, -0.05) is 71.7 Å². The molecule has 7 nitrogen and oxygen atoms in total. The Morgan fingerprint density at radius 2 is 1.74 bits per heavy atom. The van der Waals surface area contributed by atoms with Crippen LogP contribution in [0.15, 0.2) is 60.2 Å². The molecular weight excluding hydrogens is 512 g/mol. The van der Waals surface area contributed by atoms with Crippen molar-refractivity contribution < 1.29 is 4.79 Å². The van der Waals surface area contributed by atoms with E-state index in [-0.39, 0.29) is 5.91 Å². The molecule has 1 amide bonds. The van der Waals surface area contributed by atoms with Crippen molar-refractivity contribution in [2.24, 2.45) is 0 Å². The highest BCUT2D eigenvalue weighted by molar-refractivity contribution is 8.38. The Bertz CT molecular complexity index is 1410. The lowest BCUT2D eigenvalue weighted by Gasteiger charge is -2.46. The molecule has 4 rings (SSSR count). The normalized spacial score (nSPS) is 12.0. The largest absolute Gasteiger partial charge is 0.298 e. The zero-order valence-electron chi connectivity index (χ0n) is 22.7. The number of tetrazole rings is 1. The first-order valence-corrected chi connectivity index (χ1v) is 15.4. The fourth-order valence-corrected chi connectivity index (χ4v) is 9.71. The Balaban J connectivity index is 1.47. The fraction of sp³-hybridized carbons (Fsp3) is 0.345. The summed E-state index contributed by atoms with van der Waals surface area (Å²) in [7, 11) is -1.11. The van der Waals surface area contributed by atoms with E-state index in [1.165, 1.54) is 11.3 Å². The predicted molar refractivity (Wildman–Crippen MR) is 159 cm³/mol. The van der Waals surface area contributed by atoms with Crippen LogP contribution in [0.1, 0.15) is 63.0 Å². The topological polar surface area (TPSA) is 85.6 Å². The molecule has 0 aliphatic rings. The molecule has 0 radical (unpaired) electrons. The van der Waals surface area contributed by atoms with Gasteiger partial charge in [0.1, 0.15) is 6.33 Å². The summed E-state index contributed by atoms with van der Waals surface area (Å²) >= 11 is 1.41. The van der Waals surface area contributed by atoms with Crippen LogP contribution < -0.4 is 5.32 Å². The first-order chi connectivity index (χ1) is 18.2. The van der Waals surface area contributed by atoms with Crippen LogP contribution in [0.2, 0.25) is 0 Å². The van der Waals surface area contributed by atoms with E-state index in [4.69, 9.17) is 0 Å². The van der Waals surface area contributed by atoms with Gasteiger partial charge >= 0.3 is 0 Å². The maximum Gasteiger partial charge on any atom is 0.257 e. The van der Waals surface area contributed by atoms with Gasteiger partial charge in [0, 0.05) is 22.1 Å². The standard InChI is InChI=1S/C29H34N6OS2/c1-20(2)38(21(3)4,22(5)6)15-14-23-8-7-9-26(16-23)27-18-37-29(31-27)32-28(36)25-12-10-24(11-13-25)17-35-19-30-33-34-35/h7-13,16,18-22H,17H2,1-6H3,(H,31,32,36). The molecule has 0 aliphatic heterocycles. The maximum atomic E-state index is 12.8. The molecule has 1 N–H and O–H groups in total. The number of hydrogen-bond acceptors (Lipinski definition) is 6. The highest BCUT2D eigenvalue weighted by Crippen LogP contribution is 2.59. The minimum Gasteiger partial charge on any atom is -0.298 e. The number of thiazole rings is 1. The van der Waals surface area contributed by atoms with Gasteiger partial charge in [-0.05, 0) is 61.3 Å². The Hall–Kier alpha value is -3.48. The number of amides is 1. The first-order valence-electron chi connectivity index (χ1n) is 12.7. The number of rotatable bonds is 8. The van der Waals surface area contributed by atoms with Crippen LogP contribution in [0, 0.1) is 11.2 Å². The van der Waals surface area contributed by atoms with E-state index in [0.717, 1.165) is 22.4 Å². The zero-order chi connectivity index (χ0) is 27.3. The van der Waals surface area contributed by atoms with Gasteiger partial charge in [-0.2, -0.15) is 10.0 Å². The molecule has 0 fully saturated rings. The van der Waals surface area contributed by atoms with Gasteiger partial charge in [-0.25, -0.2) is 9.67 Å². The van der Waals surface area contributed by atoms with Crippen molar-refractivity contribution in [3.05, 3.63) is 76.9 Å². The number of aromatic nitrogens is 5.